The molecule has 0 aliphatic carbocycles. The molecule has 18 heavy (non-hydrogen) atoms. The van der Waals surface area contributed by atoms with Gasteiger partial charge in [0.2, 0.25) is 0 Å². The quantitative estimate of drug-likeness (QED) is 0.894. The van der Waals surface area contributed by atoms with Crippen LogP contribution in [-0.2, 0) is 11.2 Å². The zero-order valence-corrected chi connectivity index (χ0v) is 10.8. The van der Waals surface area contributed by atoms with Crippen LogP contribution in [-0.4, -0.2) is 25.3 Å². The number of carbonyl (C=O) groups excluding carboxylic acids is 1. The molecule has 1 heterocycles. The predicted molar refractivity (Wildman–Crippen MR) is 68.8 cm³/mol. The molecule has 2 rings (SSSR count). The SMILES string of the molecule is CC(C)OC(=O)NCC1COc2ccccc2C1. The zero-order valence-electron chi connectivity index (χ0n) is 10.8. The Morgan fingerprint density at radius 2 is 2.28 bits per heavy atom. The second-order valence-corrected chi connectivity index (χ2v) is 4.82. The molecule has 1 unspecified atom stereocenters. The van der Waals surface area contributed by atoms with E-state index >= 15 is 0 Å². The summed E-state index contributed by atoms with van der Waals surface area (Å²) in [5.41, 5.74) is 1.20. The fourth-order valence-electron chi connectivity index (χ4n) is 2.01. The number of fused-ring (bicyclic) bond motifs is 1. The largest absolute Gasteiger partial charge is 0.493 e. The molecule has 1 aromatic rings. The molecule has 0 saturated carbocycles. The number of nitrogens with one attached hydrogen (secondary N) is 1. The van der Waals surface area contributed by atoms with E-state index in [-0.39, 0.29) is 12.2 Å². The van der Waals surface area contributed by atoms with Crippen molar-refractivity contribution in [1.29, 1.82) is 0 Å². The van der Waals surface area contributed by atoms with E-state index in [0.717, 1.165) is 12.2 Å². The first-order valence-electron chi connectivity index (χ1n) is 6.30. The molecule has 1 atom stereocenters. The fraction of sp³-hybridized carbons (Fsp3) is 0.500. The van der Waals surface area contributed by atoms with E-state index in [2.05, 4.69) is 11.4 Å². The van der Waals surface area contributed by atoms with Crippen molar-refractivity contribution in [3.8, 4) is 5.75 Å². The lowest BCUT2D eigenvalue weighted by Crippen LogP contribution is -2.35. The molecule has 1 aromatic carbocycles. The van der Waals surface area contributed by atoms with Gasteiger partial charge in [-0.05, 0) is 31.9 Å². The van der Waals surface area contributed by atoms with Gasteiger partial charge < -0.3 is 14.8 Å². The second kappa shape index (κ2) is 5.76. The molecule has 98 valence electrons. The Morgan fingerprint density at radius 3 is 3.06 bits per heavy atom. The summed E-state index contributed by atoms with van der Waals surface area (Å²) in [4.78, 5) is 11.4. The Bertz CT molecular complexity index is 417. The Kier molecular flexibility index (Phi) is 4.07. The Hall–Kier alpha value is -1.71. The van der Waals surface area contributed by atoms with Crippen molar-refractivity contribution in [3.63, 3.8) is 0 Å². The van der Waals surface area contributed by atoms with Gasteiger partial charge in [-0.1, -0.05) is 18.2 Å². The maximum Gasteiger partial charge on any atom is 0.407 e. The van der Waals surface area contributed by atoms with E-state index in [1.807, 2.05) is 32.0 Å². The summed E-state index contributed by atoms with van der Waals surface area (Å²) >= 11 is 0. The normalized spacial score (nSPS) is 17.8. The average Bonchev–Trinajstić information content (AvgIpc) is 2.35. The van der Waals surface area contributed by atoms with E-state index in [1.54, 1.807) is 0 Å². The van der Waals surface area contributed by atoms with Crippen molar-refractivity contribution in [1.82, 2.24) is 5.32 Å². The first-order chi connectivity index (χ1) is 8.65. The third kappa shape index (κ3) is 3.39. The number of hydrogen-bond acceptors (Lipinski definition) is 3. The molecular weight excluding hydrogens is 230 g/mol. The van der Waals surface area contributed by atoms with Gasteiger partial charge in [0.05, 0.1) is 12.7 Å². The van der Waals surface area contributed by atoms with Crippen LogP contribution in [0, 0.1) is 5.92 Å². The fourth-order valence-corrected chi connectivity index (χ4v) is 2.01. The molecule has 1 aliphatic rings. The molecule has 0 saturated heterocycles. The third-order valence-corrected chi connectivity index (χ3v) is 2.83. The van der Waals surface area contributed by atoms with Crippen molar-refractivity contribution in [2.75, 3.05) is 13.2 Å². The number of rotatable bonds is 3. The number of ether oxygens (including phenoxy) is 2. The van der Waals surface area contributed by atoms with Crippen LogP contribution in [0.5, 0.6) is 5.75 Å². The highest BCUT2D eigenvalue weighted by atomic mass is 16.6. The number of para-hydroxylation sites is 1. The molecule has 1 aliphatic heterocycles. The average molecular weight is 249 g/mol. The summed E-state index contributed by atoms with van der Waals surface area (Å²) in [5, 5.41) is 2.77. The zero-order chi connectivity index (χ0) is 13.0. The number of carbonyl (C=O) groups is 1. The summed E-state index contributed by atoms with van der Waals surface area (Å²) in [6.45, 7) is 4.89. The van der Waals surface area contributed by atoms with Gasteiger partial charge in [0, 0.05) is 12.5 Å². The molecule has 0 spiro atoms. The van der Waals surface area contributed by atoms with Crippen LogP contribution >= 0.6 is 0 Å². The molecule has 0 radical (unpaired) electrons. The first kappa shape index (κ1) is 12.7. The lowest BCUT2D eigenvalue weighted by atomic mass is 9.97. The van der Waals surface area contributed by atoms with Gasteiger partial charge in [0.15, 0.2) is 0 Å². The molecule has 4 heteroatoms. The lowest BCUT2D eigenvalue weighted by molar-refractivity contribution is 0.112. The van der Waals surface area contributed by atoms with Crippen LogP contribution in [0.1, 0.15) is 19.4 Å². The highest BCUT2D eigenvalue weighted by Gasteiger charge is 2.20. The van der Waals surface area contributed by atoms with Crippen LogP contribution in [0.15, 0.2) is 24.3 Å². The number of amides is 1. The van der Waals surface area contributed by atoms with Gasteiger partial charge in [0.25, 0.3) is 0 Å². The number of alkyl carbamates (subject to hydrolysis) is 1. The Balaban J connectivity index is 1.81. The van der Waals surface area contributed by atoms with Gasteiger partial charge >= 0.3 is 6.09 Å². The van der Waals surface area contributed by atoms with Crippen molar-refractivity contribution >= 4 is 6.09 Å². The monoisotopic (exact) mass is 249 g/mol. The van der Waals surface area contributed by atoms with Gasteiger partial charge in [-0.15, -0.1) is 0 Å². The molecule has 4 nitrogen and oxygen atoms in total. The highest BCUT2D eigenvalue weighted by molar-refractivity contribution is 5.67. The molecule has 0 aromatic heterocycles. The summed E-state index contributed by atoms with van der Waals surface area (Å²) in [5.74, 6) is 1.26. The van der Waals surface area contributed by atoms with Gasteiger partial charge in [-0.25, -0.2) is 4.79 Å². The van der Waals surface area contributed by atoms with E-state index < -0.39 is 0 Å². The highest BCUT2D eigenvalue weighted by Crippen LogP contribution is 2.26. The van der Waals surface area contributed by atoms with Crippen LogP contribution in [0.4, 0.5) is 4.79 Å². The summed E-state index contributed by atoms with van der Waals surface area (Å²) < 4.78 is 10.7. The second-order valence-electron chi connectivity index (χ2n) is 4.82. The van der Waals surface area contributed by atoms with Gasteiger partial charge in [-0.2, -0.15) is 0 Å². The molecule has 1 amide bonds. The minimum Gasteiger partial charge on any atom is -0.493 e. The summed E-state index contributed by atoms with van der Waals surface area (Å²) in [6.07, 6.45) is 0.482. The smallest absolute Gasteiger partial charge is 0.407 e. The lowest BCUT2D eigenvalue weighted by Gasteiger charge is -2.25. The molecule has 0 bridgehead atoms. The molecule has 1 N–H and O–H groups in total. The van der Waals surface area contributed by atoms with Crippen molar-refractivity contribution < 1.29 is 14.3 Å². The van der Waals surface area contributed by atoms with Crippen LogP contribution in [0.2, 0.25) is 0 Å². The number of benzene rings is 1. The van der Waals surface area contributed by atoms with Gasteiger partial charge in [0.1, 0.15) is 5.75 Å². The van der Waals surface area contributed by atoms with E-state index in [9.17, 15) is 4.79 Å². The van der Waals surface area contributed by atoms with E-state index in [4.69, 9.17) is 9.47 Å². The maximum absolute atomic E-state index is 11.4. The van der Waals surface area contributed by atoms with Crippen molar-refractivity contribution in [2.45, 2.75) is 26.4 Å². The first-order valence-corrected chi connectivity index (χ1v) is 6.30. The van der Waals surface area contributed by atoms with Crippen molar-refractivity contribution in [3.05, 3.63) is 29.8 Å². The predicted octanol–water partition coefficient (Wildman–Crippen LogP) is 2.37. The minimum absolute atomic E-state index is 0.0895. The molecular formula is C14H19NO3. The third-order valence-electron chi connectivity index (χ3n) is 2.83. The van der Waals surface area contributed by atoms with Gasteiger partial charge in [-0.3, -0.25) is 0 Å². The Labute approximate surface area is 107 Å². The summed E-state index contributed by atoms with van der Waals surface area (Å²) in [7, 11) is 0. The Morgan fingerprint density at radius 1 is 1.50 bits per heavy atom. The van der Waals surface area contributed by atoms with Crippen LogP contribution in [0.25, 0.3) is 0 Å². The standard InChI is InChI=1S/C14H19NO3/c1-10(2)18-14(16)15-8-11-7-12-5-3-4-6-13(12)17-9-11/h3-6,10-11H,7-9H2,1-2H3,(H,15,16). The van der Waals surface area contributed by atoms with Crippen LogP contribution in [0.3, 0.4) is 0 Å². The van der Waals surface area contributed by atoms with E-state index in [1.165, 1.54) is 5.56 Å². The topological polar surface area (TPSA) is 47.6 Å². The minimum atomic E-state index is -0.358. The van der Waals surface area contributed by atoms with E-state index in [0.29, 0.717) is 19.1 Å². The summed E-state index contributed by atoms with van der Waals surface area (Å²) in [6, 6.07) is 8.02. The number of hydrogen-bond donors (Lipinski definition) is 1. The van der Waals surface area contributed by atoms with Crippen molar-refractivity contribution in [2.24, 2.45) is 5.92 Å². The molecule has 0 fully saturated rings. The van der Waals surface area contributed by atoms with Crippen LogP contribution < -0.4 is 10.1 Å². The maximum atomic E-state index is 11.4.